The Morgan fingerprint density at radius 2 is 1.67 bits per heavy atom. The zero-order chi connectivity index (χ0) is 18.4. The Morgan fingerprint density at radius 1 is 1.04 bits per heavy atom. The minimum atomic E-state index is -0.0000926. The van der Waals surface area contributed by atoms with Crippen molar-refractivity contribution >= 4 is 29.7 Å². The number of anilines is 1. The van der Waals surface area contributed by atoms with E-state index in [1.54, 1.807) is 0 Å². The van der Waals surface area contributed by atoms with Crippen molar-refractivity contribution in [2.24, 2.45) is 11.7 Å². The van der Waals surface area contributed by atoms with Crippen LogP contribution in [0.4, 0.5) is 5.69 Å². The molecule has 1 saturated heterocycles. The number of piperidine rings is 1. The van der Waals surface area contributed by atoms with Gasteiger partial charge in [-0.25, -0.2) is 0 Å². The maximum absolute atomic E-state index is 6.15. The van der Waals surface area contributed by atoms with E-state index in [4.69, 9.17) is 26.8 Å². The van der Waals surface area contributed by atoms with Gasteiger partial charge in [0.1, 0.15) is 12.7 Å². The quantitative estimate of drug-likeness (QED) is 0.773. The molecule has 4 rings (SSSR count). The zero-order valence-electron chi connectivity index (χ0n) is 15.6. The van der Waals surface area contributed by atoms with Crippen molar-refractivity contribution in [2.45, 2.75) is 25.9 Å². The second kappa shape index (κ2) is 10.6. The molecule has 1 fully saturated rings. The smallest absolute Gasteiger partial charge is 0.161 e. The highest BCUT2D eigenvalue weighted by Crippen LogP contribution is 2.30. The fraction of sp³-hybridized carbons (Fsp3) is 0.429. The molecule has 1 unspecified atom stereocenters. The van der Waals surface area contributed by atoms with Crippen molar-refractivity contribution in [1.82, 2.24) is 0 Å². The molecule has 2 aromatic rings. The van der Waals surface area contributed by atoms with Crippen molar-refractivity contribution in [2.75, 3.05) is 31.1 Å². The van der Waals surface area contributed by atoms with E-state index in [1.165, 1.54) is 18.5 Å². The second-order valence-corrected chi connectivity index (χ2v) is 7.26. The number of hydrogen-bond acceptors (Lipinski definition) is 4. The fourth-order valence-corrected chi connectivity index (χ4v) is 3.39. The number of nitrogens with zero attached hydrogens (tertiary/aromatic N) is 1. The average Bonchev–Trinajstić information content (AvgIpc) is 2.69. The van der Waals surface area contributed by atoms with Gasteiger partial charge in [0.2, 0.25) is 0 Å². The minimum Gasteiger partial charge on any atom is -0.486 e. The molecule has 2 heterocycles. The third-order valence-corrected chi connectivity index (χ3v) is 5.13. The number of benzene rings is 2. The molecule has 2 N–H and O–H groups in total. The van der Waals surface area contributed by atoms with Crippen molar-refractivity contribution in [3.05, 3.63) is 53.6 Å². The Kier molecular flexibility index (Phi) is 8.55. The number of fused-ring (bicyclic) bond motifs is 1. The Labute approximate surface area is 173 Å². The largest absolute Gasteiger partial charge is 0.486 e. The predicted octanol–water partition coefficient (Wildman–Crippen LogP) is 4.78. The fourth-order valence-electron chi connectivity index (χ4n) is 3.14. The number of ether oxygens (including phenoxy) is 2. The van der Waals surface area contributed by atoms with E-state index < -0.39 is 0 Å². The lowest BCUT2D eigenvalue weighted by Crippen LogP contribution is -2.35. The topological polar surface area (TPSA) is 47.7 Å². The minimum absolute atomic E-state index is 0. The molecule has 0 aromatic heterocycles. The summed E-state index contributed by atoms with van der Waals surface area (Å²) in [5.74, 6) is 2.47. The third kappa shape index (κ3) is 5.93. The summed E-state index contributed by atoms with van der Waals surface area (Å²) in [4.78, 5) is 2.39. The summed E-state index contributed by atoms with van der Waals surface area (Å²) in [6, 6.07) is 15.7. The molecule has 0 saturated carbocycles. The molecular weight excluding hydrogens is 383 g/mol. The van der Waals surface area contributed by atoms with Crippen molar-refractivity contribution < 1.29 is 9.47 Å². The van der Waals surface area contributed by atoms with Crippen LogP contribution in [0.15, 0.2) is 48.5 Å². The van der Waals surface area contributed by atoms with Gasteiger partial charge in [-0.05, 0) is 43.0 Å². The number of halogens is 2. The van der Waals surface area contributed by atoms with E-state index in [0.717, 1.165) is 35.5 Å². The summed E-state index contributed by atoms with van der Waals surface area (Å²) in [5.41, 5.74) is 6.65. The number of para-hydroxylation sites is 3. The lowest BCUT2D eigenvalue weighted by Gasteiger charge is -2.32. The van der Waals surface area contributed by atoms with Gasteiger partial charge >= 0.3 is 0 Å². The number of rotatable bonds is 2. The van der Waals surface area contributed by atoms with Crippen molar-refractivity contribution in [3.63, 3.8) is 0 Å². The third-order valence-electron chi connectivity index (χ3n) is 4.81. The van der Waals surface area contributed by atoms with Gasteiger partial charge < -0.3 is 20.1 Å². The van der Waals surface area contributed by atoms with Crippen LogP contribution in [0.1, 0.15) is 19.8 Å². The lowest BCUT2D eigenvalue weighted by molar-refractivity contribution is 0.0969. The summed E-state index contributed by atoms with van der Waals surface area (Å²) in [6.45, 7) is 5.65. The van der Waals surface area contributed by atoms with Crippen molar-refractivity contribution in [3.8, 4) is 11.5 Å². The van der Waals surface area contributed by atoms with Crippen LogP contribution in [0.3, 0.4) is 0 Å². The maximum atomic E-state index is 6.15. The second-order valence-electron chi connectivity index (χ2n) is 6.85. The number of hydrogen-bond donors (Lipinski definition) is 1. The van der Waals surface area contributed by atoms with Crippen LogP contribution in [0.25, 0.3) is 0 Å². The van der Waals surface area contributed by atoms with E-state index in [2.05, 4.69) is 24.0 Å². The van der Waals surface area contributed by atoms with E-state index in [-0.39, 0.29) is 18.5 Å². The van der Waals surface area contributed by atoms with Gasteiger partial charge in [0.25, 0.3) is 0 Å². The zero-order valence-corrected chi connectivity index (χ0v) is 17.2. The van der Waals surface area contributed by atoms with E-state index in [0.29, 0.717) is 13.2 Å². The predicted molar refractivity (Wildman–Crippen MR) is 115 cm³/mol. The summed E-state index contributed by atoms with van der Waals surface area (Å²) in [6.07, 6.45) is 2.57. The molecule has 0 aliphatic carbocycles. The summed E-state index contributed by atoms with van der Waals surface area (Å²) < 4.78 is 11.0. The molecule has 148 valence electrons. The van der Waals surface area contributed by atoms with E-state index in [9.17, 15) is 0 Å². The van der Waals surface area contributed by atoms with Crippen LogP contribution in [0.2, 0.25) is 5.02 Å². The van der Waals surface area contributed by atoms with Crippen LogP contribution in [-0.4, -0.2) is 32.3 Å². The molecule has 0 bridgehead atoms. The van der Waals surface area contributed by atoms with Gasteiger partial charge in [0.15, 0.2) is 11.5 Å². The maximum Gasteiger partial charge on any atom is 0.161 e. The van der Waals surface area contributed by atoms with Gasteiger partial charge in [-0.1, -0.05) is 42.8 Å². The SMILES string of the molecule is CC1CCN(c2ccccc2Cl)CC1.Cl.NCC1COc2ccccc2O1. The van der Waals surface area contributed by atoms with Crippen LogP contribution in [-0.2, 0) is 0 Å². The normalized spacial score (nSPS) is 18.8. The molecule has 2 aliphatic heterocycles. The van der Waals surface area contributed by atoms with Gasteiger partial charge in [-0.3, -0.25) is 0 Å². The highest BCUT2D eigenvalue weighted by atomic mass is 35.5. The lowest BCUT2D eigenvalue weighted by atomic mass is 9.99. The van der Waals surface area contributed by atoms with Crippen molar-refractivity contribution in [1.29, 1.82) is 0 Å². The Bertz CT molecular complexity index is 706. The van der Waals surface area contributed by atoms with Gasteiger partial charge in [0.05, 0.1) is 10.7 Å². The standard InChI is InChI=1S/C12H16ClN.C9H11NO2.ClH/c1-10-6-8-14(9-7-10)12-5-3-2-4-11(12)13;10-5-7-6-11-8-3-1-2-4-9(8)12-7;/h2-5,10H,6-9H2,1H3;1-4,7H,5-6,10H2;1H. The van der Waals surface area contributed by atoms with Crippen LogP contribution >= 0.6 is 24.0 Å². The Balaban J connectivity index is 0.000000189. The Morgan fingerprint density at radius 3 is 2.33 bits per heavy atom. The van der Waals surface area contributed by atoms with Crippen LogP contribution < -0.4 is 20.1 Å². The molecule has 27 heavy (non-hydrogen) atoms. The first-order valence-corrected chi connectivity index (χ1v) is 9.63. The average molecular weight is 411 g/mol. The first kappa shape index (κ1) is 21.7. The summed E-state index contributed by atoms with van der Waals surface area (Å²) >= 11 is 6.15. The molecule has 2 aliphatic rings. The summed E-state index contributed by atoms with van der Waals surface area (Å²) in [5, 5.41) is 0.877. The van der Waals surface area contributed by atoms with Crippen LogP contribution in [0.5, 0.6) is 11.5 Å². The van der Waals surface area contributed by atoms with Gasteiger partial charge in [0, 0.05) is 19.6 Å². The van der Waals surface area contributed by atoms with Gasteiger partial charge in [-0.2, -0.15) is 0 Å². The molecule has 0 amide bonds. The summed E-state index contributed by atoms with van der Waals surface area (Å²) in [7, 11) is 0. The first-order valence-electron chi connectivity index (χ1n) is 9.25. The number of nitrogens with two attached hydrogens (primary N) is 1. The molecule has 6 heteroatoms. The molecule has 4 nitrogen and oxygen atoms in total. The molecule has 0 radical (unpaired) electrons. The van der Waals surface area contributed by atoms with Crippen LogP contribution in [0, 0.1) is 5.92 Å². The molecule has 0 spiro atoms. The Hall–Kier alpha value is -1.62. The highest BCUT2D eigenvalue weighted by molar-refractivity contribution is 6.33. The van der Waals surface area contributed by atoms with E-state index >= 15 is 0 Å². The molecular formula is C21H28Cl2N2O2. The first-order chi connectivity index (χ1) is 12.7. The monoisotopic (exact) mass is 410 g/mol. The molecule has 2 aromatic carbocycles. The van der Waals surface area contributed by atoms with Gasteiger partial charge in [-0.15, -0.1) is 12.4 Å². The van der Waals surface area contributed by atoms with E-state index in [1.807, 2.05) is 36.4 Å². The highest BCUT2D eigenvalue weighted by Gasteiger charge is 2.18. The molecule has 1 atom stereocenters.